The molecule has 5 heteroatoms. The first-order chi connectivity index (χ1) is 8.47. The van der Waals surface area contributed by atoms with Gasteiger partial charge in [-0.05, 0) is 40.9 Å². The fourth-order valence-electron chi connectivity index (χ4n) is 1.53. The maximum atomic E-state index is 13.9. The standard InChI is InChI=1S/C13H16BrFN2O/c1-3-13(18,4-2)8-17-10-6-5-9(7-16)11(14)12(10)15/h5-6,17-18H,3-4,8H2,1-2H3. The zero-order chi connectivity index (χ0) is 13.8. The molecule has 0 aliphatic carbocycles. The average molecular weight is 315 g/mol. The smallest absolute Gasteiger partial charge is 0.161 e. The summed E-state index contributed by atoms with van der Waals surface area (Å²) in [5.74, 6) is -0.511. The van der Waals surface area contributed by atoms with Crippen LogP contribution in [0.4, 0.5) is 10.1 Å². The number of anilines is 1. The first-order valence-corrected chi connectivity index (χ1v) is 6.61. The molecule has 98 valence electrons. The number of nitriles is 1. The molecule has 0 saturated carbocycles. The van der Waals surface area contributed by atoms with Crippen molar-refractivity contribution < 1.29 is 9.50 Å². The summed E-state index contributed by atoms with van der Waals surface area (Å²) in [4.78, 5) is 0. The van der Waals surface area contributed by atoms with E-state index in [2.05, 4.69) is 21.2 Å². The van der Waals surface area contributed by atoms with Crippen LogP contribution in [0.3, 0.4) is 0 Å². The molecule has 0 saturated heterocycles. The Morgan fingerprint density at radius 2 is 2.06 bits per heavy atom. The average Bonchev–Trinajstić information content (AvgIpc) is 2.40. The van der Waals surface area contributed by atoms with Crippen molar-refractivity contribution in [2.75, 3.05) is 11.9 Å². The van der Waals surface area contributed by atoms with E-state index in [1.165, 1.54) is 12.1 Å². The van der Waals surface area contributed by atoms with Gasteiger partial charge in [0.15, 0.2) is 5.82 Å². The molecule has 0 radical (unpaired) electrons. The molecule has 1 aromatic carbocycles. The molecule has 0 aliphatic rings. The molecule has 1 aromatic rings. The molecule has 2 N–H and O–H groups in total. The maximum absolute atomic E-state index is 13.9. The Bertz CT molecular complexity index is 467. The van der Waals surface area contributed by atoms with Crippen LogP contribution in [0.5, 0.6) is 0 Å². The number of nitrogens with zero attached hydrogens (tertiary/aromatic N) is 1. The predicted molar refractivity (Wildman–Crippen MR) is 72.8 cm³/mol. The molecule has 0 atom stereocenters. The fourth-order valence-corrected chi connectivity index (χ4v) is 1.97. The number of hydrogen-bond acceptors (Lipinski definition) is 3. The summed E-state index contributed by atoms with van der Waals surface area (Å²) >= 11 is 3.05. The highest BCUT2D eigenvalue weighted by atomic mass is 79.9. The van der Waals surface area contributed by atoms with Crippen molar-refractivity contribution in [1.82, 2.24) is 0 Å². The van der Waals surface area contributed by atoms with Crippen molar-refractivity contribution in [3.05, 3.63) is 28.0 Å². The van der Waals surface area contributed by atoms with Gasteiger partial charge >= 0.3 is 0 Å². The summed E-state index contributed by atoms with van der Waals surface area (Å²) < 4.78 is 14.0. The fraction of sp³-hybridized carbons (Fsp3) is 0.462. The maximum Gasteiger partial charge on any atom is 0.161 e. The molecule has 0 aliphatic heterocycles. The van der Waals surface area contributed by atoms with Crippen LogP contribution in [0.15, 0.2) is 16.6 Å². The number of aliphatic hydroxyl groups is 1. The monoisotopic (exact) mass is 314 g/mol. The summed E-state index contributed by atoms with van der Waals surface area (Å²) in [6, 6.07) is 4.93. The van der Waals surface area contributed by atoms with Gasteiger partial charge in [-0.15, -0.1) is 0 Å². The van der Waals surface area contributed by atoms with Gasteiger partial charge in [-0.1, -0.05) is 13.8 Å². The Hall–Kier alpha value is -1.12. The second-order valence-corrected chi connectivity index (χ2v) is 4.98. The molecule has 0 aromatic heterocycles. The van der Waals surface area contributed by atoms with Crippen molar-refractivity contribution in [2.45, 2.75) is 32.3 Å². The molecule has 0 heterocycles. The Balaban J connectivity index is 2.88. The van der Waals surface area contributed by atoms with Gasteiger partial charge in [0.1, 0.15) is 6.07 Å². The minimum atomic E-state index is -0.840. The lowest BCUT2D eigenvalue weighted by Gasteiger charge is -2.26. The quantitative estimate of drug-likeness (QED) is 0.875. The lowest BCUT2D eigenvalue weighted by Crippen LogP contribution is -2.35. The normalized spacial score (nSPS) is 11.1. The zero-order valence-electron chi connectivity index (χ0n) is 10.4. The third kappa shape index (κ3) is 3.21. The summed E-state index contributed by atoms with van der Waals surface area (Å²) in [7, 11) is 0. The summed E-state index contributed by atoms with van der Waals surface area (Å²) in [6.07, 6.45) is 1.19. The van der Waals surface area contributed by atoms with E-state index in [0.717, 1.165) is 0 Å². The van der Waals surface area contributed by atoms with E-state index in [1.807, 2.05) is 19.9 Å². The lowest BCUT2D eigenvalue weighted by atomic mass is 9.97. The third-order valence-electron chi connectivity index (χ3n) is 3.13. The Kier molecular flexibility index (Phi) is 5.12. The molecule has 0 fully saturated rings. The summed E-state index contributed by atoms with van der Waals surface area (Å²) in [6.45, 7) is 4.04. The molecule has 0 bridgehead atoms. The van der Waals surface area contributed by atoms with Crippen LogP contribution in [0.1, 0.15) is 32.3 Å². The van der Waals surface area contributed by atoms with E-state index in [-0.39, 0.29) is 22.3 Å². The molecular formula is C13H16BrFN2O. The molecule has 3 nitrogen and oxygen atoms in total. The van der Waals surface area contributed by atoms with Crippen LogP contribution in [0.25, 0.3) is 0 Å². The van der Waals surface area contributed by atoms with Gasteiger partial charge < -0.3 is 10.4 Å². The zero-order valence-corrected chi connectivity index (χ0v) is 12.0. The van der Waals surface area contributed by atoms with Gasteiger partial charge in [0.25, 0.3) is 0 Å². The highest BCUT2D eigenvalue weighted by molar-refractivity contribution is 9.10. The first kappa shape index (κ1) is 14.9. The van der Waals surface area contributed by atoms with Crippen molar-refractivity contribution in [3.8, 4) is 6.07 Å². The second-order valence-electron chi connectivity index (χ2n) is 4.19. The minimum absolute atomic E-state index is 0.145. The SMILES string of the molecule is CCC(O)(CC)CNc1ccc(C#N)c(Br)c1F. The highest BCUT2D eigenvalue weighted by Gasteiger charge is 2.22. The van der Waals surface area contributed by atoms with Crippen molar-refractivity contribution in [1.29, 1.82) is 5.26 Å². The van der Waals surface area contributed by atoms with Crippen LogP contribution >= 0.6 is 15.9 Å². The Morgan fingerprint density at radius 3 is 2.56 bits per heavy atom. The van der Waals surface area contributed by atoms with E-state index in [4.69, 9.17) is 5.26 Å². The van der Waals surface area contributed by atoms with E-state index in [0.29, 0.717) is 12.8 Å². The second kappa shape index (κ2) is 6.17. The predicted octanol–water partition coefficient (Wildman–Crippen LogP) is 3.42. The van der Waals surface area contributed by atoms with Crippen LogP contribution < -0.4 is 5.32 Å². The van der Waals surface area contributed by atoms with Gasteiger partial charge in [-0.3, -0.25) is 0 Å². The van der Waals surface area contributed by atoms with Crippen LogP contribution in [0.2, 0.25) is 0 Å². The van der Waals surface area contributed by atoms with E-state index in [9.17, 15) is 9.50 Å². The number of rotatable bonds is 5. The Morgan fingerprint density at radius 1 is 1.44 bits per heavy atom. The van der Waals surface area contributed by atoms with Crippen LogP contribution in [-0.4, -0.2) is 17.3 Å². The summed E-state index contributed by atoms with van der Waals surface area (Å²) in [5.41, 5.74) is -0.312. The third-order valence-corrected chi connectivity index (χ3v) is 3.90. The van der Waals surface area contributed by atoms with Gasteiger partial charge in [-0.2, -0.15) is 5.26 Å². The summed E-state index contributed by atoms with van der Waals surface area (Å²) in [5, 5.41) is 21.7. The minimum Gasteiger partial charge on any atom is -0.388 e. The van der Waals surface area contributed by atoms with Crippen molar-refractivity contribution >= 4 is 21.6 Å². The van der Waals surface area contributed by atoms with Gasteiger partial charge in [0.05, 0.1) is 21.3 Å². The molecule has 1 rings (SSSR count). The van der Waals surface area contributed by atoms with Gasteiger partial charge in [0, 0.05) is 6.54 Å². The molecule has 18 heavy (non-hydrogen) atoms. The van der Waals surface area contributed by atoms with Crippen LogP contribution in [0, 0.1) is 17.1 Å². The van der Waals surface area contributed by atoms with E-state index in [1.54, 1.807) is 0 Å². The number of hydrogen-bond donors (Lipinski definition) is 2. The van der Waals surface area contributed by atoms with Crippen molar-refractivity contribution in [3.63, 3.8) is 0 Å². The highest BCUT2D eigenvalue weighted by Crippen LogP contribution is 2.27. The molecular weight excluding hydrogens is 299 g/mol. The lowest BCUT2D eigenvalue weighted by molar-refractivity contribution is 0.0456. The van der Waals surface area contributed by atoms with Crippen LogP contribution in [-0.2, 0) is 0 Å². The van der Waals surface area contributed by atoms with Gasteiger partial charge in [-0.25, -0.2) is 4.39 Å². The molecule has 0 unspecified atom stereocenters. The van der Waals surface area contributed by atoms with Gasteiger partial charge in [0.2, 0.25) is 0 Å². The van der Waals surface area contributed by atoms with Crippen molar-refractivity contribution in [2.24, 2.45) is 0 Å². The van der Waals surface area contributed by atoms with E-state index < -0.39 is 11.4 Å². The Labute approximate surface area is 115 Å². The number of halogens is 2. The largest absolute Gasteiger partial charge is 0.388 e. The molecule has 0 spiro atoms. The number of nitrogens with one attached hydrogen (secondary N) is 1. The topological polar surface area (TPSA) is 56.0 Å². The first-order valence-electron chi connectivity index (χ1n) is 5.81. The molecule has 0 amide bonds. The van der Waals surface area contributed by atoms with E-state index >= 15 is 0 Å². The number of benzene rings is 1.